The summed E-state index contributed by atoms with van der Waals surface area (Å²) in [4.78, 5) is 5.95. The minimum Gasteiger partial charge on any atom is -0.492 e. The van der Waals surface area contributed by atoms with E-state index in [9.17, 15) is 0 Å². The van der Waals surface area contributed by atoms with Crippen LogP contribution in [0.2, 0.25) is 0 Å². The number of para-hydroxylation sites is 1. The molecule has 0 aliphatic carbocycles. The molecule has 22 heavy (non-hydrogen) atoms. The highest BCUT2D eigenvalue weighted by Crippen LogP contribution is 2.51. The fourth-order valence-electron chi connectivity index (χ4n) is 3.96. The number of hydrogen-bond acceptors (Lipinski definition) is 3. The van der Waals surface area contributed by atoms with E-state index in [1.165, 1.54) is 22.3 Å². The first-order valence-electron chi connectivity index (χ1n) is 7.76. The number of hydroxylamine groups is 2. The van der Waals surface area contributed by atoms with Crippen LogP contribution in [-0.2, 0) is 10.3 Å². The second-order valence-electron chi connectivity index (χ2n) is 6.58. The predicted molar refractivity (Wildman–Crippen MR) is 86.0 cm³/mol. The van der Waals surface area contributed by atoms with Gasteiger partial charge < -0.3 is 4.74 Å². The second-order valence-corrected chi connectivity index (χ2v) is 6.58. The molecular weight excluding hydrogens is 274 g/mol. The van der Waals surface area contributed by atoms with Gasteiger partial charge in [0.15, 0.2) is 0 Å². The van der Waals surface area contributed by atoms with Gasteiger partial charge in [-0.2, -0.15) is 5.06 Å². The topological polar surface area (TPSA) is 21.7 Å². The Morgan fingerprint density at radius 2 is 1.77 bits per heavy atom. The first kappa shape index (κ1) is 13.8. The van der Waals surface area contributed by atoms with Gasteiger partial charge in [-0.25, -0.2) is 0 Å². The van der Waals surface area contributed by atoms with E-state index in [2.05, 4.69) is 44.2 Å². The van der Waals surface area contributed by atoms with Crippen LogP contribution in [0.1, 0.15) is 28.3 Å². The van der Waals surface area contributed by atoms with Crippen LogP contribution < -0.4 is 4.74 Å². The fourth-order valence-corrected chi connectivity index (χ4v) is 3.96. The Kier molecular flexibility index (Phi) is 3.03. The van der Waals surface area contributed by atoms with E-state index in [4.69, 9.17) is 9.57 Å². The number of ether oxygens (including phenoxy) is 1. The monoisotopic (exact) mass is 295 g/mol. The van der Waals surface area contributed by atoms with Gasteiger partial charge in [0, 0.05) is 12.6 Å². The van der Waals surface area contributed by atoms with Crippen molar-refractivity contribution >= 4 is 0 Å². The third-order valence-corrected chi connectivity index (χ3v) is 4.91. The SMILES string of the molecule is Cc1cc(C)cc(C23COc4ccccc4C2N(C)OC3)c1. The van der Waals surface area contributed by atoms with E-state index in [0.717, 1.165) is 5.75 Å². The number of hydrogen-bond donors (Lipinski definition) is 0. The third kappa shape index (κ3) is 1.89. The van der Waals surface area contributed by atoms with E-state index in [-0.39, 0.29) is 11.5 Å². The summed E-state index contributed by atoms with van der Waals surface area (Å²) in [5.41, 5.74) is 4.97. The third-order valence-electron chi connectivity index (χ3n) is 4.91. The fraction of sp³-hybridized carbons (Fsp3) is 0.368. The van der Waals surface area contributed by atoms with Crippen LogP contribution in [0.25, 0.3) is 0 Å². The van der Waals surface area contributed by atoms with E-state index >= 15 is 0 Å². The molecule has 0 aromatic heterocycles. The molecule has 0 N–H and O–H groups in total. The van der Waals surface area contributed by atoms with Crippen LogP contribution in [0.3, 0.4) is 0 Å². The van der Waals surface area contributed by atoms with Gasteiger partial charge >= 0.3 is 0 Å². The average molecular weight is 295 g/mol. The molecule has 2 aromatic rings. The van der Waals surface area contributed by atoms with Gasteiger partial charge in [-0.1, -0.05) is 47.5 Å². The summed E-state index contributed by atoms with van der Waals surface area (Å²) in [6, 6.07) is 15.3. The maximum Gasteiger partial charge on any atom is 0.124 e. The molecule has 2 aliphatic rings. The van der Waals surface area contributed by atoms with Gasteiger partial charge in [-0.05, 0) is 25.5 Å². The van der Waals surface area contributed by atoms with Crippen LogP contribution in [0.15, 0.2) is 42.5 Å². The second kappa shape index (κ2) is 4.83. The number of fused-ring (bicyclic) bond motifs is 3. The molecule has 4 rings (SSSR count). The molecule has 3 heteroatoms. The molecule has 0 radical (unpaired) electrons. The van der Waals surface area contributed by atoms with Crippen molar-refractivity contribution in [2.24, 2.45) is 0 Å². The maximum atomic E-state index is 6.12. The van der Waals surface area contributed by atoms with E-state index in [1.54, 1.807) is 0 Å². The number of benzene rings is 2. The van der Waals surface area contributed by atoms with Gasteiger partial charge in [0.05, 0.1) is 18.1 Å². The highest BCUT2D eigenvalue weighted by Gasteiger charge is 2.53. The number of aryl methyl sites for hydroxylation is 2. The highest BCUT2D eigenvalue weighted by atomic mass is 16.7. The van der Waals surface area contributed by atoms with E-state index in [0.29, 0.717) is 13.2 Å². The molecule has 3 nitrogen and oxygen atoms in total. The molecule has 2 unspecified atom stereocenters. The van der Waals surface area contributed by atoms with Gasteiger partial charge in [0.2, 0.25) is 0 Å². The minimum atomic E-state index is -0.139. The summed E-state index contributed by atoms with van der Waals surface area (Å²) in [5, 5.41) is 2.00. The summed E-state index contributed by atoms with van der Waals surface area (Å²) >= 11 is 0. The van der Waals surface area contributed by atoms with Gasteiger partial charge in [0.25, 0.3) is 0 Å². The van der Waals surface area contributed by atoms with Crippen molar-refractivity contribution in [3.8, 4) is 5.75 Å². The van der Waals surface area contributed by atoms with Crippen molar-refractivity contribution < 1.29 is 9.57 Å². The molecule has 2 heterocycles. The Morgan fingerprint density at radius 3 is 2.55 bits per heavy atom. The van der Waals surface area contributed by atoms with Crippen LogP contribution >= 0.6 is 0 Å². The van der Waals surface area contributed by atoms with Gasteiger partial charge in [0.1, 0.15) is 12.4 Å². The lowest BCUT2D eigenvalue weighted by atomic mass is 9.71. The van der Waals surface area contributed by atoms with Crippen molar-refractivity contribution in [1.29, 1.82) is 0 Å². The molecule has 1 saturated heterocycles. The van der Waals surface area contributed by atoms with Crippen LogP contribution in [0, 0.1) is 13.8 Å². The Bertz CT molecular complexity index is 707. The van der Waals surface area contributed by atoms with Crippen molar-refractivity contribution in [1.82, 2.24) is 5.06 Å². The van der Waals surface area contributed by atoms with Crippen LogP contribution in [0.5, 0.6) is 5.75 Å². The van der Waals surface area contributed by atoms with Crippen molar-refractivity contribution in [2.75, 3.05) is 20.3 Å². The zero-order valence-corrected chi connectivity index (χ0v) is 13.3. The summed E-state index contributed by atoms with van der Waals surface area (Å²) in [6.45, 7) is 5.62. The van der Waals surface area contributed by atoms with Gasteiger partial charge in [-0.3, -0.25) is 4.84 Å². The zero-order valence-electron chi connectivity index (χ0n) is 13.3. The minimum absolute atomic E-state index is 0.139. The van der Waals surface area contributed by atoms with Gasteiger partial charge in [-0.15, -0.1) is 0 Å². The largest absolute Gasteiger partial charge is 0.492 e. The van der Waals surface area contributed by atoms with E-state index in [1.807, 2.05) is 24.2 Å². The molecule has 2 aromatic carbocycles. The summed E-state index contributed by atoms with van der Waals surface area (Å²) < 4.78 is 6.12. The Hall–Kier alpha value is -1.84. The van der Waals surface area contributed by atoms with Crippen molar-refractivity contribution in [3.63, 3.8) is 0 Å². The first-order chi connectivity index (χ1) is 10.6. The molecule has 114 valence electrons. The normalized spacial score (nSPS) is 27.1. The Labute approximate surface area is 131 Å². The molecular formula is C19H21NO2. The Balaban J connectivity index is 1.90. The van der Waals surface area contributed by atoms with Crippen molar-refractivity contribution in [3.05, 3.63) is 64.7 Å². The Morgan fingerprint density at radius 1 is 1.05 bits per heavy atom. The molecule has 2 atom stereocenters. The molecule has 2 aliphatic heterocycles. The first-order valence-corrected chi connectivity index (χ1v) is 7.76. The van der Waals surface area contributed by atoms with E-state index < -0.39 is 0 Å². The molecule has 0 saturated carbocycles. The highest BCUT2D eigenvalue weighted by molar-refractivity contribution is 5.46. The summed E-state index contributed by atoms with van der Waals surface area (Å²) in [5.74, 6) is 0.977. The number of nitrogens with zero attached hydrogens (tertiary/aromatic N) is 1. The zero-order chi connectivity index (χ0) is 15.3. The predicted octanol–water partition coefficient (Wildman–Crippen LogP) is 3.55. The standard InChI is InChI=1S/C19H21NO2/c1-13-8-14(2)10-15(9-13)19-11-21-17-7-5-4-6-16(17)18(19)20(3)22-12-19/h4-10,18H,11-12H2,1-3H3. The lowest BCUT2D eigenvalue weighted by Crippen LogP contribution is -2.44. The van der Waals surface area contributed by atoms with Crippen LogP contribution in [-0.4, -0.2) is 25.3 Å². The molecule has 0 amide bonds. The number of rotatable bonds is 1. The maximum absolute atomic E-state index is 6.12. The smallest absolute Gasteiger partial charge is 0.124 e. The van der Waals surface area contributed by atoms with Crippen LogP contribution in [0.4, 0.5) is 0 Å². The summed E-state index contributed by atoms with van der Waals surface area (Å²) in [6.07, 6.45) is 0. The molecule has 0 bridgehead atoms. The number of likely N-dealkylation sites (N-methyl/N-ethyl adjacent to an activating group) is 1. The quantitative estimate of drug-likeness (QED) is 0.803. The molecule has 1 fully saturated rings. The average Bonchev–Trinajstić information content (AvgIpc) is 2.85. The van der Waals surface area contributed by atoms with Crippen molar-refractivity contribution in [2.45, 2.75) is 25.3 Å². The lowest BCUT2D eigenvalue weighted by molar-refractivity contribution is -0.111. The lowest BCUT2D eigenvalue weighted by Gasteiger charge is -2.40. The molecule has 0 spiro atoms. The summed E-state index contributed by atoms with van der Waals surface area (Å²) in [7, 11) is 2.02.